The second-order valence-electron chi connectivity index (χ2n) is 7.35. The fraction of sp³-hybridized carbons (Fsp3) is 0.400. The maximum absolute atomic E-state index is 12.3. The number of rotatable bonds is 6. The second kappa shape index (κ2) is 8.64. The monoisotopic (exact) mass is 436 g/mol. The topological polar surface area (TPSA) is 92.8 Å². The minimum atomic E-state index is -3.60. The van der Waals surface area contributed by atoms with Gasteiger partial charge in [-0.15, -0.1) is 11.3 Å². The molecule has 1 aliphatic rings. The molecule has 1 aliphatic carbocycles. The summed E-state index contributed by atoms with van der Waals surface area (Å²) in [5, 5.41) is 2.56. The molecule has 3 rings (SSSR count). The number of esters is 1. The molecular formula is C20H24N2O5S2. The van der Waals surface area contributed by atoms with Gasteiger partial charge in [-0.3, -0.25) is 4.79 Å². The van der Waals surface area contributed by atoms with Gasteiger partial charge in [-0.25, -0.2) is 17.5 Å². The third kappa shape index (κ3) is 5.04. The maximum atomic E-state index is 12.3. The van der Waals surface area contributed by atoms with Crippen molar-refractivity contribution in [2.45, 2.75) is 31.1 Å². The molecule has 156 valence electrons. The highest BCUT2D eigenvalue weighted by Gasteiger charge is 2.22. The molecule has 0 spiro atoms. The second-order valence-corrected chi connectivity index (χ2v) is 10.6. The molecular weight excluding hydrogens is 412 g/mol. The lowest BCUT2D eigenvalue weighted by atomic mass is 9.90. The molecule has 1 amide bonds. The molecule has 1 unspecified atom stereocenters. The average Bonchev–Trinajstić information content (AvgIpc) is 3.09. The first-order valence-corrected chi connectivity index (χ1v) is 11.5. The highest BCUT2D eigenvalue weighted by molar-refractivity contribution is 7.89. The van der Waals surface area contributed by atoms with Crippen molar-refractivity contribution in [2.75, 3.05) is 26.0 Å². The standard InChI is InChI=1S/C20H24N2O5S2/c1-13-7-8-17-14(9-13)10-18(28-17)20(24)27-12-19(23)21-15-5-4-6-16(11-15)29(25,26)22(2)3/h4-6,10-11,13H,7-9,12H2,1-3H3,(H,21,23). The van der Waals surface area contributed by atoms with Gasteiger partial charge in [0.25, 0.3) is 5.91 Å². The minimum Gasteiger partial charge on any atom is -0.451 e. The number of carbonyl (C=O) groups is 2. The summed E-state index contributed by atoms with van der Waals surface area (Å²) in [4.78, 5) is 26.2. The molecule has 0 saturated carbocycles. The first-order chi connectivity index (χ1) is 13.7. The summed E-state index contributed by atoms with van der Waals surface area (Å²) in [6, 6.07) is 7.79. The minimum absolute atomic E-state index is 0.0655. The number of aryl methyl sites for hydroxylation is 1. The quantitative estimate of drug-likeness (QED) is 0.703. The molecule has 1 heterocycles. The van der Waals surface area contributed by atoms with Gasteiger partial charge in [-0.05, 0) is 55.0 Å². The van der Waals surface area contributed by atoms with E-state index in [1.54, 1.807) is 6.07 Å². The van der Waals surface area contributed by atoms with Crippen LogP contribution in [0.1, 0.15) is 33.5 Å². The average molecular weight is 437 g/mol. The van der Waals surface area contributed by atoms with Crippen LogP contribution in [0.3, 0.4) is 0 Å². The number of sulfonamides is 1. The summed E-state index contributed by atoms with van der Waals surface area (Å²) < 4.78 is 30.6. The lowest BCUT2D eigenvalue weighted by molar-refractivity contribution is -0.119. The first-order valence-electron chi connectivity index (χ1n) is 9.28. The number of hydrogen-bond donors (Lipinski definition) is 1. The van der Waals surface area contributed by atoms with Gasteiger partial charge in [-0.1, -0.05) is 13.0 Å². The molecule has 1 aromatic heterocycles. The summed E-state index contributed by atoms with van der Waals surface area (Å²) in [5.41, 5.74) is 1.51. The molecule has 1 aromatic carbocycles. The van der Waals surface area contributed by atoms with E-state index in [0.29, 0.717) is 16.5 Å². The van der Waals surface area contributed by atoms with Crippen LogP contribution in [0.25, 0.3) is 0 Å². The van der Waals surface area contributed by atoms with Crippen molar-refractivity contribution in [3.8, 4) is 0 Å². The van der Waals surface area contributed by atoms with Crippen LogP contribution in [-0.2, 0) is 32.4 Å². The summed E-state index contributed by atoms with van der Waals surface area (Å²) >= 11 is 1.43. The molecule has 1 atom stereocenters. The molecule has 0 saturated heterocycles. The van der Waals surface area contributed by atoms with E-state index in [9.17, 15) is 18.0 Å². The summed E-state index contributed by atoms with van der Waals surface area (Å²) in [5.74, 6) is -0.442. The van der Waals surface area contributed by atoms with E-state index in [2.05, 4.69) is 12.2 Å². The van der Waals surface area contributed by atoms with Gasteiger partial charge in [0.1, 0.15) is 4.88 Å². The van der Waals surface area contributed by atoms with Gasteiger partial charge >= 0.3 is 5.97 Å². The Bertz CT molecular complexity index is 1030. The molecule has 2 aromatic rings. The molecule has 29 heavy (non-hydrogen) atoms. The Hall–Kier alpha value is -2.23. The maximum Gasteiger partial charge on any atom is 0.348 e. The fourth-order valence-electron chi connectivity index (χ4n) is 3.15. The van der Waals surface area contributed by atoms with Crippen LogP contribution in [0.5, 0.6) is 0 Å². The largest absolute Gasteiger partial charge is 0.451 e. The third-order valence-electron chi connectivity index (χ3n) is 4.76. The van der Waals surface area contributed by atoms with E-state index in [4.69, 9.17) is 4.74 Å². The Morgan fingerprint density at radius 2 is 2.03 bits per heavy atom. The number of anilines is 1. The van der Waals surface area contributed by atoms with Crippen LogP contribution >= 0.6 is 11.3 Å². The van der Waals surface area contributed by atoms with Gasteiger partial charge in [-0.2, -0.15) is 0 Å². The number of nitrogens with zero attached hydrogens (tertiary/aromatic N) is 1. The van der Waals surface area contributed by atoms with Crippen molar-refractivity contribution in [3.63, 3.8) is 0 Å². The molecule has 9 heteroatoms. The summed E-state index contributed by atoms with van der Waals surface area (Å²) in [7, 11) is -0.737. The van der Waals surface area contributed by atoms with Crippen molar-refractivity contribution < 1.29 is 22.7 Å². The van der Waals surface area contributed by atoms with Crippen LogP contribution in [0.2, 0.25) is 0 Å². The van der Waals surface area contributed by atoms with Crippen molar-refractivity contribution in [1.29, 1.82) is 0 Å². The number of carbonyl (C=O) groups excluding carboxylic acids is 2. The Morgan fingerprint density at radius 1 is 1.28 bits per heavy atom. The molecule has 7 nitrogen and oxygen atoms in total. The number of amides is 1. The highest BCUT2D eigenvalue weighted by Crippen LogP contribution is 2.32. The summed E-state index contributed by atoms with van der Waals surface area (Å²) in [6.45, 7) is 1.75. The van der Waals surface area contributed by atoms with Gasteiger partial charge < -0.3 is 10.1 Å². The zero-order valence-corrected chi connectivity index (χ0v) is 18.2. The zero-order valence-electron chi connectivity index (χ0n) is 16.6. The van der Waals surface area contributed by atoms with Crippen LogP contribution in [0.15, 0.2) is 35.2 Å². The number of thiophene rings is 1. The van der Waals surface area contributed by atoms with Crippen molar-refractivity contribution in [2.24, 2.45) is 5.92 Å². The van der Waals surface area contributed by atoms with Crippen molar-refractivity contribution in [3.05, 3.63) is 45.6 Å². The lowest BCUT2D eigenvalue weighted by Crippen LogP contribution is -2.23. The van der Waals surface area contributed by atoms with Gasteiger partial charge in [0.15, 0.2) is 6.61 Å². The van der Waals surface area contributed by atoms with Crippen LogP contribution in [0, 0.1) is 5.92 Å². The highest BCUT2D eigenvalue weighted by atomic mass is 32.2. The fourth-order valence-corrected chi connectivity index (χ4v) is 5.20. The number of nitrogens with one attached hydrogen (secondary N) is 1. The van der Waals surface area contributed by atoms with Crippen LogP contribution < -0.4 is 5.32 Å². The summed E-state index contributed by atoms with van der Waals surface area (Å²) in [6.07, 6.45) is 3.06. The van der Waals surface area contributed by atoms with Crippen LogP contribution in [0.4, 0.5) is 5.69 Å². The predicted octanol–water partition coefficient (Wildman–Crippen LogP) is 2.92. The number of hydrogen-bond acceptors (Lipinski definition) is 6. The van der Waals surface area contributed by atoms with Crippen LogP contribution in [-0.4, -0.2) is 45.3 Å². The van der Waals surface area contributed by atoms with E-state index in [0.717, 1.165) is 23.6 Å². The Labute approximate surface area is 174 Å². The van der Waals surface area contributed by atoms with Gasteiger partial charge in [0.05, 0.1) is 4.90 Å². The smallest absolute Gasteiger partial charge is 0.348 e. The molecule has 0 fully saturated rings. The molecule has 0 radical (unpaired) electrons. The molecule has 0 bridgehead atoms. The Kier molecular flexibility index (Phi) is 6.40. The normalized spacial score (nSPS) is 16.3. The van der Waals surface area contributed by atoms with E-state index < -0.39 is 28.5 Å². The number of benzene rings is 1. The SMILES string of the molecule is CC1CCc2sc(C(=O)OCC(=O)Nc3cccc(S(=O)(=O)N(C)C)c3)cc2C1. The Balaban J connectivity index is 1.59. The Morgan fingerprint density at radius 3 is 2.76 bits per heavy atom. The van der Waals surface area contributed by atoms with E-state index in [-0.39, 0.29) is 4.90 Å². The lowest BCUT2D eigenvalue weighted by Gasteiger charge is -2.16. The predicted molar refractivity (Wildman–Crippen MR) is 112 cm³/mol. The number of ether oxygens (including phenoxy) is 1. The zero-order chi connectivity index (χ0) is 21.2. The first kappa shape index (κ1) is 21.5. The van der Waals surface area contributed by atoms with E-state index in [1.165, 1.54) is 54.1 Å². The van der Waals surface area contributed by atoms with Gasteiger partial charge in [0.2, 0.25) is 10.0 Å². The molecule has 0 aliphatic heterocycles. The van der Waals surface area contributed by atoms with Crippen molar-refractivity contribution >= 4 is 38.9 Å². The third-order valence-corrected chi connectivity index (χ3v) is 7.79. The van der Waals surface area contributed by atoms with Crippen molar-refractivity contribution in [1.82, 2.24) is 4.31 Å². The number of fused-ring (bicyclic) bond motifs is 1. The molecule has 1 N–H and O–H groups in total. The van der Waals surface area contributed by atoms with Gasteiger partial charge in [0, 0.05) is 24.7 Å². The van der Waals surface area contributed by atoms with E-state index >= 15 is 0 Å². The van der Waals surface area contributed by atoms with E-state index in [1.807, 2.05) is 6.07 Å².